The average Bonchev–Trinajstić information content (AvgIpc) is 2.15. The van der Waals surface area contributed by atoms with Crippen molar-refractivity contribution in [2.45, 2.75) is 85.7 Å². The fourth-order valence-electron chi connectivity index (χ4n) is 2.21. The third-order valence-electron chi connectivity index (χ3n) is 3.36. The molecule has 0 atom stereocenters. The van der Waals surface area contributed by atoms with E-state index in [1.807, 2.05) is 0 Å². The lowest BCUT2D eigenvalue weighted by molar-refractivity contribution is 0.126. The lowest BCUT2D eigenvalue weighted by Gasteiger charge is -2.32. The van der Waals surface area contributed by atoms with Gasteiger partial charge in [-0.05, 0) is 49.7 Å². The predicted octanol–water partition coefficient (Wildman–Crippen LogP) is 5.77. The van der Waals surface area contributed by atoms with Gasteiger partial charge in [0.25, 0.3) is 0 Å². The third kappa shape index (κ3) is 4.26. The van der Waals surface area contributed by atoms with Crippen LogP contribution in [-0.2, 0) is 10.8 Å². The molecule has 0 spiro atoms. The van der Waals surface area contributed by atoms with E-state index in [9.17, 15) is 0 Å². The molecule has 0 fully saturated rings. The van der Waals surface area contributed by atoms with E-state index in [1.165, 1.54) is 16.7 Å². The zero-order chi connectivity index (χ0) is 15.9. The molecule has 114 valence electrons. The molecular formula is C19H32O. The van der Waals surface area contributed by atoms with Crippen molar-refractivity contribution in [3.05, 3.63) is 28.8 Å². The molecule has 0 amide bonds. The summed E-state index contributed by atoms with van der Waals surface area (Å²) in [6, 6.07) is 4.60. The van der Waals surface area contributed by atoms with Crippen LogP contribution in [0.2, 0.25) is 0 Å². The van der Waals surface area contributed by atoms with Crippen molar-refractivity contribution in [3.63, 3.8) is 0 Å². The van der Waals surface area contributed by atoms with Crippen LogP contribution in [0.25, 0.3) is 0 Å². The zero-order valence-corrected chi connectivity index (χ0v) is 15.1. The van der Waals surface area contributed by atoms with Crippen LogP contribution in [0, 0.1) is 6.92 Å². The van der Waals surface area contributed by atoms with Crippen molar-refractivity contribution < 1.29 is 4.74 Å². The summed E-state index contributed by atoms with van der Waals surface area (Å²) in [7, 11) is 0. The van der Waals surface area contributed by atoms with Crippen LogP contribution in [0.4, 0.5) is 0 Å². The van der Waals surface area contributed by atoms with Gasteiger partial charge in [0.05, 0.1) is 0 Å². The highest BCUT2D eigenvalue weighted by Crippen LogP contribution is 2.39. The maximum atomic E-state index is 6.26. The van der Waals surface area contributed by atoms with Gasteiger partial charge >= 0.3 is 0 Å². The summed E-state index contributed by atoms with van der Waals surface area (Å²) < 4.78 is 6.26. The molecule has 1 heteroatoms. The van der Waals surface area contributed by atoms with Crippen molar-refractivity contribution in [2.24, 2.45) is 0 Å². The van der Waals surface area contributed by atoms with Crippen LogP contribution in [0.1, 0.15) is 79.0 Å². The summed E-state index contributed by atoms with van der Waals surface area (Å²) in [6.45, 7) is 22.0. The van der Waals surface area contributed by atoms with Gasteiger partial charge in [0.15, 0.2) is 0 Å². The second kappa shape index (κ2) is 5.09. The molecule has 0 aliphatic heterocycles. The first-order valence-corrected chi connectivity index (χ1v) is 7.56. The minimum atomic E-state index is -0.173. The highest BCUT2D eigenvalue weighted by molar-refractivity contribution is 5.49. The van der Waals surface area contributed by atoms with Crippen LogP contribution in [0.15, 0.2) is 12.1 Å². The largest absolute Gasteiger partial charge is 0.488 e. The Morgan fingerprint density at radius 1 is 0.750 bits per heavy atom. The van der Waals surface area contributed by atoms with Crippen molar-refractivity contribution in [2.75, 3.05) is 0 Å². The molecule has 0 heterocycles. The molecule has 0 radical (unpaired) electrons. The van der Waals surface area contributed by atoms with E-state index in [-0.39, 0.29) is 16.4 Å². The summed E-state index contributed by atoms with van der Waals surface area (Å²) in [5.41, 5.74) is 3.97. The van der Waals surface area contributed by atoms with Crippen LogP contribution in [0.3, 0.4) is 0 Å². The van der Waals surface area contributed by atoms with Crippen LogP contribution < -0.4 is 4.74 Å². The fraction of sp³-hybridized carbons (Fsp3) is 0.684. The second-order valence-electron chi connectivity index (χ2n) is 8.88. The van der Waals surface area contributed by atoms with Gasteiger partial charge in [-0.3, -0.25) is 0 Å². The van der Waals surface area contributed by atoms with Crippen LogP contribution >= 0.6 is 0 Å². The Morgan fingerprint density at radius 3 is 1.60 bits per heavy atom. The summed E-state index contributed by atoms with van der Waals surface area (Å²) in [5, 5.41) is 0. The number of hydrogen-bond donors (Lipinski definition) is 0. The van der Waals surface area contributed by atoms with E-state index in [2.05, 4.69) is 81.4 Å². The molecule has 1 aromatic rings. The first-order valence-electron chi connectivity index (χ1n) is 7.56. The minimum absolute atomic E-state index is 0.0760. The number of ether oxygens (including phenoxy) is 1. The molecular weight excluding hydrogens is 244 g/mol. The second-order valence-corrected chi connectivity index (χ2v) is 8.88. The van der Waals surface area contributed by atoms with Gasteiger partial charge in [-0.1, -0.05) is 53.7 Å². The third-order valence-corrected chi connectivity index (χ3v) is 3.36. The zero-order valence-electron chi connectivity index (χ0n) is 15.1. The fourth-order valence-corrected chi connectivity index (χ4v) is 2.21. The van der Waals surface area contributed by atoms with Crippen molar-refractivity contribution >= 4 is 0 Å². The van der Waals surface area contributed by atoms with Crippen LogP contribution in [0.5, 0.6) is 5.75 Å². The molecule has 0 bridgehead atoms. The molecule has 1 rings (SSSR count). The molecule has 0 aromatic heterocycles. The Morgan fingerprint density at radius 2 is 1.25 bits per heavy atom. The molecule has 0 N–H and O–H groups in total. The molecule has 20 heavy (non-hydrogen) atoms. The first kappa shape index (κ1) is 17.1. The van der Waals surface area contributed by atoms with Gasteiger partial charge in [-0.25, -0.2) is 0 Å². The standard InChI is InChI=1S/C19H32O/c1-13-11-14(17(2,3)4)12-15(18(5,6)7)16(13)20-19(8,9)10/h11-12H,1-10H3. The number of rotatable bonds is 1. The number of benzene rings is 1. The van der Waals surface area contributed by atoms with E-state index >= 15 is 0 Å². The highest BCUT2D eigenvalue weighted by atomic mass is 16.5. The molecule has 0 aliphatic carbocycles. The molecule has 0 saturated carbocycles. The van der Waals surface area contributed by atoms with Gasteiger partial charge in [0, 0.05) is 5.56 Å². The quantitative estimate of drug-likeness (QED) is 0.633. The predicted molar refractivity (Wildman–Crippen MR) is 89.0 cm³/mol. The van der Waals surface area contributed by atoms with Gasteiger partial charge in [-0.2, -0.15) is 0 Å². The summed E-state index contributed by atoms with van der Waals surface area (Å²) in [4.78, 5) is 0. The lowest BCUT2D eigenvalue weighted by atomic mass is 9.79. The Kier molecular flexibility index (Phi) is 4.35. The number of hydrogen-bond acceptors (Lipinski definition) is 1. The van der Waals surface area contributed by atoms with E-state index in [4.69, 9.17) is 4.74 Å². The Bertz CT molecular complexity index is 476. The van der Waals surface area contributed by atoms with Gasteiger partial charge in [0.1, 0.15) is 11.4 Å². The van der Waals surface area contributed by atoms with E-state index in [1.54, 1.807) is 0 Å². The van der Waals surface area contributed by atoms with E-state index < -0.39 is 0 Å². The number of aryl methyl sites for hydroxylation is 1. The monoisotopic (exact) mass is 276 g/mol. The maximum absolute atomic E-state index is 6.26. The van der Waals surface area contributed by atoms with E-state index in [0.29, 0.717) is 0 Å². The van der Waals surface area contributed by atoms with Crippen molar-refractivity contribution in [1.29, 1.82) is 0 Å². The van der Waals surface area contributed by atoms with Gasteiger partial charge < -0.3 is 4.74 Å². The average molecular weight is 276 g/mol. The molecule has 0 unspecified atom stereocenters. The maximum Gasteiger partial charge on any atom is 0.126 e. The molecule has 1 nitrogen and oxygen atoms in total. The Balaban J connectivity index is 3.52. The molecule has 1 aromatic carbocycles. The van der Waals surface area contributed by atoms with Crippen LogP contribution in [-0.4, -0.2) is 5.60 Å². The Labute approximate surface area is 125 Å². The normalized spacial score (nSPS) is 13.5. The van der Waals surface area contributed by atoms with Crippen molar-refractivity contribution in [1.82, 2.24) is 0 Å². The van der Waals surface area contributed by atoms with Gasteiger partial charge in [0.2, 0.25) is 0 Å². The SMILES string of the molecule is Cc1cc(C(C)(C)C)cc(C(C)(C)C)c1OC(C)(C)C. The molecule has 0 saturated heterocycles. The Hall–Kier alpha value is -0.980. The first-order chi connectivity index (χ1) is 8.72. The summed E-state index contributed by atoms with van der Waals surface area (Å²) in [6.07, 6.45) is 0. The summed E-state index contributed by atoms with van der Waals surface area (Å²) >= 11 is 0. The highest BCUT2D eigenvalue weighted by Gasteiger charge is 2.26. The smallest absolute Gasteiger partial charge is 0.126 e. The lowest BCUT2D eigenvalue weighted by Crippen LogP contribution is -2.27. The van der Waals surface area contributed by atoms with E-state index in [0.717, 1.165) is 5.75 Å². The minimum Gasteiger partial charge on any atom is -0.488 e. The summed E-state index contributed by atoms with van der Waals surface area (Å²) in [5.74, 6) is 1.05. The molecule has 0 aliphatic rings. The van der Waals surface area contributed by atoms with Crippen molar-refractivity contribution in [3.8, 4) is 5.75 Å². The topological polar surface area (TPSA) is 9.23 Å². The van der Waals surface area contributed by atoms with Gasteiger partial charge in [-0.15, -0.1) is 0 Å².